The first kappa shape index (κ1) is 15.2. The van der Waals surface area contributed by atoms with Crippen LogP contribution in [-0.4, -0.2) is 29.5 Å². The highest BCUT2D eigenvalue weighted by atomic mass is 16.5. The molecule has 1 N–H and O–H groups in total. The SMILES string of the molecule is CCCOCCn1nc(C)c(C(C)NCC)c1C. The molecule has 4 heteroatoms. The summed E-state index contributed by atoms with van der Waals surface area (Å²) in [6.07, 6.45) is 1.07. The lowest BCUT2D eigenvalue weighted by Crippen LogP contribution is -2.19. The van der Waals surface area contributed by atoms with Crippen molar-refractivity contribution in [2.45, 2.75) is 53.6 Å². The van der Waals surface area contributed by atoms with Gasteiger partial charge in [0.05, 0.1) is 18.8 Å². The van der Waals surface area contributed by atoms with Gasteiger partial charge in [0.15, 0.2) is 0 Å². The van der Waals surface area contributed by atoms with E-state index in [0.29, 0.717) is 6.04 Å². The van der Waals surface area contributed by atoms with E-state index < -0.39 is 0 Å². The molecule has 104 valence electrons. The first-order chi connectivity index (χ1) is 8.61. The molecule has 0 saturated heterocycles. The van der Waals surface area contributed by atoms with Gasteiger partial charge in [-0.25, -0.2) is 0 Å². The Morgan fingerprint density at radius 3 is 2.61 bits per heavy atom. The summed E-state index contributed by atoms with van der Waals surface area (Å²) in [5, 5.41) is 8.06. The van der Waals surface area contributed by atoms with Crippen LogP contribution < -0.4 is 5.32 Å². The summed E-state index contributed by atoms with van der Waals surface area (Å²) in [5.74, 6) is 0. The van der Waals surface area contributed by atoms with E-state index in [1.165, 1.54) is 11.3 Å². The van der Waals surface area contributed by atoms with Crippen molar-refractivity contribution < 1.29 is 4.74 Å². The van der Waals surface area contributed by atoms with Crippen LogP contribution in [0.3, 0.4) is 0 Å². The standard InChI is InChI=1S/C14H27N3O/c1-6-9-18-10-8-17-13(5)14(12(4)16-17)11(3)15-7-2/h11,15H,6-10H2,1-5H3. The van der Waals surface area contributed by atoms with Crippen LogP contribution in [-0.2, 0) is 11.3 Å². The largest absolute Gasteiger partial charge is 0.380 e. The van der Waals surface area contributed by atoms with Crippen molar-refractivity contribution in [2.24, 2.45) is 0 Å². The number of hydrogen-bond acceptors (Lipinski definition) is 3. The van der Waals surface area contributed by atoms with E-state index in [1.54, 1.807) is 0 Å². The molecule has 4 nitrogen and oxygen atoms in total. The number of nitrogens with one attached hydrogen (secondary N) is 1. The Morgan fingerprint density at radius 1 is 1.28 bits per heavy atom. The van der Waals surface area contributed by atoms with Crippen LogP contribution in [0.5, 0.6) is 0 Å². The van der Waals surface area contributed by atoms with E-state index in [2.05, 4.69) is 49.7 Å². The summed E-state index contributed by atoms with van der Waals surface area (Å²) in [6.45, 7) is 14.1. The maximum absolute atomic E-state index is 5.52. The van der Waals surface area contributed by atoms with E-state index in [-0.39, 0.29) is 0 Å². The Kier molecular flexibility index (Phi) is 6.36. The zero-order valence-corrected chi connectivity index (χ0v) is 12.4. The second-order valence-electron chi connectivity index (χ2n) is 4.70. The molecule has 1 unspecified atom stereocenters. The normalized spacial score (nSPS) is 12.9. The fourth-order valence-corrected chi connectivity index (χ4v) is 2.36. The fraction of sp³-hybridized carbons (Fsp3) is 0.786. The van der Waals surface area contributed by atoms with Crippen LogP contribution in [0.15, 0.2) is 0 Å². The van der Waals surface area contributed by atoms with Gasteiger partial charge >= 0.3 is 0 Å². The smallest absolute Gasteiger partial charge is 0.0662 e. The van der Waals surface area contributed by atoms with Gasteiger partial charge in [0, 0.05) is 23.9 Å². The lowest BCUT2D eigenvalue weighted by atomic mass is 10.1. The molecule has 0 spiro atoms. The second kappa shape index (κ2) is 7.54. The van der Waals surface area contributed by atoms with Crippen LogP contribution >= 0.6 is 0 Å². The predicted octanol–water partition coefficient (Wildman–Crippen LogP) is 2.60. The van der Waals surface area contributed by atoms with Crippen molar-refractivity contribution in [1.29, 1.82) is 0 Å². The molecule has 0 aliphatic heterocycles. The molecule has 0 radical (unpaired) electrons. The van der Waals surface area contributed by atoms with E-state index in [0.717, 1.165) is 38.4 Å². The molecule has 0 fully saturated rings. The number of aromatic nitrogens is 2. The fourth-order valence-electron chi connectivity index (χ4n) is 2.36. The quantitative estimate of drug-likeness (QED) is 0.724. The molecule has 1 atom stereocenters. The third-order valence-electron chi connectivity index (χ3n) is 3.18. The highest BCUT2D eigenvalue weighted by Crippen LogP contribution is 2.21. The number of aryl methyl sites for hydroxylation is 1. The van der Waals surface area contributed by atoms with Crippen LogP contribution in [0.25, 0.3) is 0 Å². The van der Waals surface area contributed by atoms with Crippen LogP contribution in [0.4, 0.5) is 0 Å². The maximum atomic E-state index is 5.52. The summed E-state index contributed by atoms with van der Waals surface area (Å²) in [6, 6.07) is 0.361. The van der Waals surface area contributed by atoms with E-state index in [1.807, 2.05) is 0 Å². The van der Waals surface area contributed by atoms with Crippen LogP contribution in [0, 0.1) is 13.8 Å². The predicted molar refractivity (Wildman–Crippen MR) is 74.9 cm³/mol. The van der Waals surface area contributed by atoms with Crippen molar-refractivity contribution in [1.82, 2.24) is 15.1 Å². The molecule has 0 aliphatic rings. The highest BCUT2D eigenvalue weighted by molar-refractivity contribution is 5.27. The van der Waals surface area contributed by atoms with Crippen molar-refractivity contribution in [2.75, 3.05) is 19.8 Å². The zero-order valence-electron chi connectivity index (χ0n) is 12.4. The minimum Gasteiger partial charge on any atom is -0.380 e. The van der Waals surface area contributed by atoms with Gasteiger partial charge in [0.25, 0.3) is 0 Å². The molecule has 1 rings (SSSR count). The van der Waals surface area contributed by atoms with Gasteiger partial charge in [0.1, 0.15) is 0 Å². The Bertz CT molecular complexity index is 360. The molecule has 0 amide bonds. The Hall–Kier alpha value is -0.870. The van der Waals surface area contributed by atoms with Crippen molar-refractivity contribution in [3.63, 3.8) is 0 Å². The van der Waals surface area contributed by atoms with E-state index in [9.17, 15) is 0 Å². The summed E-state index contributed by atoms with van der Waals surface area (Å²) in [4.78, 5) is 0. The third-order valence-corrected chi connectivity index (χ3v) is 3.18. The topological polar surface area (TPSA) is 39.1 Å². The highest BCUT2D eigenvalue weighted by Gasteiger charge is 2.16. The van der Waals surface area contributed by atoms with Gasteiger partial charge in [0.2, 0.25) is 0 Å². The van der Waals surface area contributed by atoms with Crippen LogP contribution in [0.2, 0.25) is 0 Å². The van der Waals surface area contributed by atoms with Crippen molar-refractivity contribution >= 4 is 0 Å². The lowest BCUT2D eigenvalue weighted by molar-refractivity contribution is 0.124. The number of rotatable bonds is 8. The first-order valence-electron chi connectivity index (χ1n) is 6.96. The Labute approximate surface area is 111 Å². The molecule has 0 bridgehead atoms. The molecular formula is C14H27N3O. The number of nitrogens with zero attached hydrogens (tertiary/aromatic N) is 2. The van der Waals surface area contributed by atoms with Crippen LogP contribution in [0.1, 0.15) is 50.2 Å². The van der Waals surface area contributed by atoms with Gasteiger partial charge in [-0.15, -0.1) is 0 Å². The molecule has 0 aliphatic carbocycles. The molecule has 1 heterocycles. The van der Waals surface area contributed by atoms with E-state index >= 15 is 0 Å². The van der Waals surface area contributed by atoms with Crippen molar-refractivity contribution in [3.05, 3.63) is 17.0 Å². The summed E-state index contributed by atoms with van der Waals surface area (Å²) >= 11 is 0. The Balaban J connectivity index is 2.68. The number of hydrogen-bond donors (Lipinski definition) is 1. The minimum atomic E-state index is 0.361. The molecule has 1 aromatic rings. The first-order valence-corrected chi connectivity index (χ1v) is 6.96. The maximum Gasteiger partial charge on any atom is 0.0662 e. The number of ether oxygens (including phenoxy) is 1. The van der Waals surface area contributed by atoms with Gasteiger partial charge < -0.3 is 10.1 Å². The Morgan fingerprint density at radius 2 is 2.00 bits per heavy atom. The monoisotopic (exact) mass is 253 g/mol. The minimum absolute atomic E-state index is 0.361. The second-order valence-corrected chi connectivity index (χ2v) is 4.70. The van der Waals surface area contributed by atoms with Gasteiger partial charge in [-0.3, -0.25) is 4.68 Å². The van der Waals surface area contributed by atoms with Gasteiger partial charge in [-0.1, -0.05) is 13.8 Å². The molecule has 1 aromatic heterocycles. The zero-order chi connectivity index (χ0) is 13.5. The molecular weight excluding hydrogens is 226 g/mol. The summed E-state index contributed by atoms with van der Waals surface area (Å²) < 4.78 is 7.59. The third kappa shape index (κ3) is 3.82. The van der Waals surface area contributed by atoms with Gasteiger partial charge in [-0.05, 0) is 33.7 Å². The van der Waals surface area contributed by atoms with Gasteiger partial charge in [-0.2, -0.15) is 5.10 Å². The summed E-state index contributed by atoms with van der Waals surface area (Å²) in [7, 11) is 0. The summed E-state index contributed by atoms with van der Waals surface area (Å²) in [5.41, 5.74) is 3.70. The average Bonchev–Trinajstić information content (AvgIpc) is 2.60. The molecule has 0 aromatic carbocycles. The van der Waals surface area contributed by atoms with E-state index in [4.69, 9.17) is 4.74 Å². The molecule has 0 saturated carbocycles. The molecule has 18 heavy (non-hydrogen) atoms. The average molecular weight is 253 g/mol. The lowest BCUT2D eigenvalue weighted by Gasteiger charge is -2.13. The van der Waals surface area contributed by atoms with Crippen molar-refractivity contribution in [3.8, 4) is 0 Å².